The van der Waals surface area contributed by atoms with Crippen LogP contribution in [-0.4, -0.2) is 40.6 Å². The standard InChI is InChI=1S/C25H25FN6/c1-15-5-3-7-20(26)22(15)24-18(17-6-4-8-28-13-17)11-19-23(31-24)21(14-30-25(19)27)32-10-9-29-12-16(32)2/h3-8,11,13-14,16,29H,9-10,12H2,1-2H3,(H2,27,30). The van der Waals surface area contributed by atoms with Gasteiger partial charge in [0.25, 0.3) is 0 Å². The molecule has 1 aromatic carbocycles. The third kappa shape index (κ3) is 3.44. The largest absolute Gasteiger partial charge is 0.383 e. The first kappa shape index (κ1) is 20.3. The fraction of sp³-hybridized carbons (Fsp3) is 0.240. The lowest BCUT2D eigenvalue weighted by Gasteiger charge is -2.36. The van der Waals surface area contributed by atoms with Gasteiger partial charge in [0.05, 0.1) is 23.1 Å². The van der Waals surface area contributed by atoms with Gasteiger partial charge in [-0.3, -0.25) is 4.98 Å². The number of aromatic nitrogens is 3. The predicted octanol–water partition coefficient (Wildman–Crippen LogP) is 4.19. The fourth-order valence-corrected chi connectivity index (χ4v) is 4.44. The van der Waals surface area contributed by atoms with Crippen LogP contribution in [0.5, 0.6) is 0 Å². The summed E-state index contributed by atoms with van der Waals surface area (Å²) in [6.45, 7) is 6.65. The lowest BCUT2D eigenvalue weighted by Crippen LogP contribution is -2.50. The van der Waals surface area contributed by atoms with Crippen LogP contribution in [0.25, 0.3) is 33.3 Å². The van der Waals surface area contributed by atoms with Crippen molar-refractivity contribution >= 4 is 22.4 Å². The molecular weight excluding hydrogens is 403 g/mol. The quantitative estimate of drug-likeness (QED) is 0.509. The van der Waals surface area contributed by atoms with Gasteiger partial charge in [0, 0.05) is 60.1 Å². The van der Waals surface area contributed by atoms with Crippen LogP contribution in [0.4, 0.5) is 15.9 Å². The minimum absolute atomic E-state index is 0.274. The molecule has 1 saturated heterocycles. The highest BCUT2D eigenvalue weighted by atomic mass is 19.1. The number of nitrogens with two attached hydrogens (primary N) is 1. The molecular formula is C25H25FN6. The first-order valence-corrected chi connectivity index (χ1v) is 10.8. The number of hydrogen-bond acceptors (Lipinski definition) is 6. The molecule has 0 saturated carbocycles. The molecule has 3 aromatic heterocycles. The highest BCUT2D eigenvalue weighted by Crippen LogP contribution is 2.39. The van der Waals surface area contributed by atoms with Crippen LogP contribution in [0.3, 0.4) is 0 Å². The molecule has 32 heavy (non-hydrogen) atoms. The molecule has 5 rings (SSSR count). The number of benzene rings is 1. The van der Waals surface area contributed by atoms with Crippen molar-refractivity contribution in [1.29, 1.82) is 0 Å². The smallest absolute Gasteiger partial charge is 0.132 e. The number of piperazine rings is 1. The Morgan fingerprint density at radius 2 is 2.06 bits per heavy atom. The van der Waals surface area contributed by atoms with Gasteiger partial charge in [0.2, 0.25) is 0 Å². The van der Waals surface area contributed by atoms with Gasteiger partial charge in [0.15, 0.2) is 0 Å². The van der Waals surface area contributed by atoms with Crippen LogP contribution in [0, 0.1) is 12.7 Å². The van der Waals surface area contributed by atoms with Crippen LogP contribution in [0.2, 0.25) is 0 Å². The Labute approximate surface area is 186 Å². The number of rotatable bonds is 3. The molecule has 7 heteroatoms. The summed E-state index contributed by atoms with van der Waals surface area (Å²) in [6.07, 6.45) is 5.26. The molecule has 3 N–H and O–H groups in total. The summed E-state index contributed by atoms with van der Waals surface area (Å²) in [5.74, 6) is 0.0992. The Morgan fingerprint density at radius 3 is 2.81 bits per heavy atom. The summed E-state index contributed by atoms with van der Waals surface area (Å²) < 4.78 is 15.1. The van der Waals surface area contributed by atoms with Crippen molar-refractivity contribution in [2.24, 2.45) is 0 Å². The van der Waals surface area contributed by atoms with Crippen molar-refractivity contribution in [1.82, 2.24) is 20.3 Å². The second kappa shape index (κ2) is 8.16. The summed E-state index contributed by atoms with van der Waals surface area (Å²) in [5, 5.41) is 4.17. The zero-order valence-corrected chi connectivity index (χ0v) is 18.1. The molecule has 162 valence electrons. The van der Waals surface area contributed by atoms with Gasteiger partial charge in [0.1, 0.15) is 11.6 Å². The van der Waals surface area contributed by atoms with Gasteiger partial charge in [-0.05, 0) is 37.6 Å². The molecule has 0 bridgehead atoms. The van der Waals surface area contributed by atoms with E-state index in [0.717, 1.165) is 52.9 Å². The van der Waals surface area contributed by atoms with Crippen LogP contribution in [-0.2, 0) is 0 Å². The Kier molecular flexibility index (Phi) is 5.19. The lowest BCUT2D eigenvalue weighted by atomic mass is 9.95. The molecule has 4 aromatic rings. The van der Waals surface area contributed by atoms with Gasteiger partial charge < -0.3 is 16.0 Å². The molecule has 1 fully saturated rings. The number of hydrogen-bond donors (Lipinski definition) is 2. The van der Waals surface area contributed by atoms with Crippen molar-refractivity contribution in [3.05, 3.63) is 66.4 Å². The number of anilines is 2. The minimum Gasteiger partial charge on any atom is -0.383 e. The van der Waals surface area contributed by atoms with Crippen LogP contribution >= 0.6 is 0 Å². The first-order valence-electron chi connectivity index (χ1n) is 10.8. The molecule has 1 atom stereocenters. The predicted molar refractivity (Wildman–Crippen MR) is 127 cm³/mol. The average molecular weight is 429 g/mol. The molecule has 4 heterocycles. The summed E-state index contributed by atoms with van der Waals surface area (Å²) in [7, 11) is 0. The average Bonchev–Trinajstić information content (AvgIpc) is 2.80. The van der Waals surface area contributed by atoms with E-state index < -0.39 is 0 Å². The van der Waals surface area contributed by atoms with Gasteiger partial charge >= 0.3 is 0 Å². The SMILES string of the molecule is Cc1cccc(F)c1-c1nc2c(N3CCNCC3C)cnc(N)c2cc1-c1cccnc1. The van der Waals surface area contributed by atoms with Gasteiger partial charge in [-0.2, -0.15) is 0 Å². The summed E-state index contributed by atoms with van der Waals surface area (Å²) >= 11 is 0. The van der Waals surface area contributed by atoms with Crippen molar-refractivity contribution < 1.29 is 4.39 Å². The molecule has 1 aliphatic heterocycles. The number of halogens is 1. The van der Waals surface area contributed by atoms with E-state index in [1.165, 1.54) is 6.07 Å². The highest BCUT2D eigenvalue weighted by Gasteiger charge is 2.24. The zero-order valence-electron chi connectivity index (χ0n) is 18.1. The number of pyridine rings is 3. The zero-order chi connectivity index (χ0) is 22.2. The normalized spacial score (nSPS) is 16.5. The van der Waals surface area contributed by atoms with Crippen molar-refractivity contribution in [2.45, 2.75) is 19.9 Å². The van der Waals surface area contributed by atoms with Crippen molar-refractivity contribution in [2.75, 3.05) is 30.3 Å². The molecule has 1 unspecified atom stereocenters. The molecule has 0 radical (unpaired) electrons. The molecule has 6 nitrogen and oxygen atoms in total. The summed E-state index contributed by atoms with van der Waals surface area (Å²) in [6, 6.07) is 11.1. The van der Waals surface area contributed by atoms with Crippen LogP contribution in [0.1, 0.15) is 12.5 Å². The maximum absolute atomic E-state index is 15.1. The van der Waals surface area contributed by atoms with E-state index in [4.69, 9.17) is 10.7 Å². The number of fused-ring (bicyclic) bond motifs is 1. The van der Waals surface area contributed by atoms with Gasteiger partial charge in [-0.25, -0.2) is 14.4 Å². The Bertz CT molecular complexity index is 1270. The van der Waals surface area contributed by atoms with E-state index in [-0.39, 0.29) is 11.9 Å². The summed E-state index contributed by atoms with van der Waals surface area (Å²) in [4.78, 5) is 16.1. The van der Waals surface area contributed by atoms with E-state index in [0.29, 0.717) is 17.1 Å². The van der Waals surface area contributed by atoms with Crippen molar-refractivity contribution in [3.8, 4) is 22.4 Å². The Hall–Kier alpha value is -3.58. The number of nitrogens with zero attached hydrogens (tertiary/aromatic N) is 4. The molecule has 0 aliphatic carbocycles. The molecule has 0 amide bonds. The fourth-order valence-electron chi connectivity index (χ4n) is 4.44. The first-order chi connectivity index (χ1) is 15.5. The van der Waals surface area contributed by atoms with Crippen molar-refractivity contribution in [3.63, 3.8) is 0 Å². The lowest BCUT2D eigenvalue weighted by molar-refractivity contribution is 0.501. The Morgan fingerprint density at radius 1 is 1.19 bits per heavy atom. The van der Waals surface area contributed by atoms with E-state index in [9.17, 15) is 0 Å². The highest BCUT2D eigenvalue weighted by molar-refractivity contribution is 6.02. The van der Waals surface area contributed by atoms with E-state index in [1.54, 1.807) is 24.7 Å². The van der Waals surface area contributed by atoms with E-state index >= 15 is 4.39 Å². The minimum atomic E-state index is -0.305. The second-order valence-corrected chi connectivity index (χ2v) is 8.23. The third-order valence-electron chi connectivity index (χ3n) is 6.11. The van der Waals surface area contributed by atoms with Gasteiger partial charge in [-0.1, -0.05) is 18.2 Å². The third-order valence-corrected chi connectivity index (χ3v) is 6.11. The van der Waals surface area contributed by atoms with E-state index in [2.05, 4.69) is 27.1 Å². The van der Waals surface area contributed by atoms with Crippen LogP contribution < -0.4 is 16.0 Å². The monoisotopic (exact) mass is 428 g/mol. The molecule has 1 aliphatic rings. The molecule has 0 spiro atoms. The van der Waals surface area contributed by atoms with E-state index in [1.807, 2.05) is 31.2 Å². The Balaban J connectivity index is 1.85. The maximum atomic E-state index is 15.1. The van der Waals surface area contributed by atoms with Gasteiger partial charge in [-0.15, -0.1) is 0 Å². The summed E-state index contributed by atoms with van der Waals surface area (Å²) in [5.41, 5.74) is 11.5. The number of nitrogens with one attached hydrogen (secondary N) is 1. The van der Waals surface area contributed by atoms with Crippen LogP contribution in [0.15, 0.2) is 55.0 Å². The topological polar surface area (TPSA) is 80.0 Å². The second-order valence-electron chi connectivity index (χ2n) is 8.23. The number of aryl methyl sites for hydroxylation is 1. The maximum Gasteiger partial charge on any atom is 0.132 e. The number of nitrogen functional groups attached to an aromatic ring is 1.